The lowest BCUT2D eigenvalue weighted by molar-refractivity contribution is -0.0693. The Morgan fingerprint density at radius 1 is 0.946 bits per heavy atom. The van der Waals surface area contributed by atoms with Gasteiger partial charge in [0.05, 0.1) is 33.0 Å². The highest BCUT2D eigenvalue weighted by Gasteiger charge is 2.27. The van der Waals surface area contributed by atoms with Gasteiger partial charge in [-0.05, 0) is 49.9 Å². The van der Waals surface area contributed by atoms with Gasteiger partial charge in [0.1, 0.15) is 23.0 Å². The summed E-state index contributed by atoms with van der Waals surface area (Å²) in [5.74, 6) is 2.79. The molecule has 0 aromatic heterocycles. The number of hydrogen-bond acceptors (Lipinski definition) is 8. The molecule has 0 amide bonds. The molecule has 37 heavy (non-hydrogen) atoms. The van der Waals surface area contributed by atoms with Crippen LogP contribution in [0.1, 0.15) is 73.5 Å². The molecule has 0 bridgehead atoms. The number of rotatable bonds is 13. The van der Waals surface area contributed by atoms with Crippen LogP contribution in [-0.4, -0.2) is 45.7 Å². The lowest BCUT2D eigenvalue weighted by atomic mass is 9.98. The number of carbonyl (C=O) groups excluding carboxylic acids is 2. The Balaban J connectivity index is 1.64. The van der Waals surface area contributed by atoms with Crippen LogP contribution in [-0.2, 0) is 28.7 Å². The molecule has 2 aromatic rings. The molecule has 1 aliphatic rings. The molecular weight excluding hydrogens is 476 g/mol. The second kappa shape index (κ2) is 13.8. The normalized spacial score (nSPS) is 14.2. The zero-order chi connectivity index (χ0) is 26.8. The van der Waals surface area contributed by atoms with E-state index in [4.69, 9.17) is 23.7 Å². The summed E-state index contributed by atoms with van der Waals surface area (Å²) < 4.78 is 33.6. The van der Waals surface area contributed by atoms with Gasteiger partial charge in [-0.1, -0.05) is 32.8 Å². The van der Waals surface area contributed by atoms with Gasteiger partial charge in [-0.25, -0.2) is 4.79 Å². The molecule has 0 aliphatic carbocycles. The number of Topliss-reactive ketones (excluding diaryl/α,β-unsaturated/α-hetero) is 1. The van der Waals surface area contributed by atoms with Crippen LogP contribution in [0.4, 0.5) is 4.79 Å². The maximum Gasteiger partial charge on any atom is 0.511 e. The first kappa shape index (κ1) is 28.2. The summed E-state index contributed by atoms with van der Waals surface area (Å²) in [6.07, 6.45) is 3.91. The van der Waals surface area contributed by atoms with E-state index in [1.807, 2.05) is 18.2 Å². The van der Waals surface area contributed by atoms with Gasteiger partial charge in [0, 0.05) is 24.0 Å². The van der Waals surface area contributed by atoms with Crippen LogP contribution in [0.15, 0.2) is 24.3 Å². The number of fused-ring (bicyclic) bond motifs is 1. The minimum Gasteiger partial charge on any atom is -0.496 e. The summed E-state index contributed by atoms with van der Waals surface area (Å²) in [7, 11) is 2.86. The monoisotopic (exact) mass is 514 g/mol. The molecule has 202 valence electrons. The van der Waals surface area contributed by atoms with Crippen molar-refractivity contribution in [3.63, 3.8) is 0 Å². The molecule has 0 N–H and O–H groups in total. The Labute approximate surface area is 219 Å². The quantitative estimate of drug-likeness (QED) is 0.180. The molecule has 0 saturated carbocycles. The standard InChI is InChI=1S/C29H38O8/c1-6-9-22-24(14-11-20-12-16-26(36-27(20)22)37-29(31)33-5)34-17-8-18-35-25-15-13-21(19(3)30)28(32-4)23(25)10-7-2/h11,13-15,26H,6-10,12,16-18H2,1-5H3. The minimum atomic E-state index is -0.756. The fraction of sp³-hybridized carbons (Fsp3) is 0.517. The summed E-state index contributed by atoms with van der Waals surface area (Å²) in [4.78, 5) is 23.5. The van der Waals surface area contributed by atoms with E-state index >= 15 is 0 Å². The number of carbonyl (C=O) groups is 2. The smallest absolute Gasteiger partial charge is 0.496 e. The number of ketones is 1. The van der Waals surface area contributed by atoms with Crippen molar-refractivity contribution in [2.45, 2.75) is 72.0 Å². The van der Waals surface area contributed by atoms with Crippen LogP contribution in [0.25, 0.3) is 0 Å². The third kappa shape index (κ3) is 7.08. The fourth-order valence-corrected chi connectivity index (χ4v) is 4.49. The van der Waals surface area contributed by atoms with Crippen molar-refractivity contribution in [3.8, 4) is 23.0 Å². The number of benzene rings is 2. The van der Waals surface area contributed by atoms with Crippen molar-refractivity contribution in [3.05, 3.63) is 46.5 Å². The number of hydrogen-bond donors (Lipinski definition) is 0. The van der Waals surface area contributed by atoms with Crippen LogP contribution in [0.3, 0.4) is 0 Å². The Morgan fingerprint density at radius 3 is 2.22 bits per heavy atom. The third-order valence-corrected chi connectivity index (χ3v) is 6.20. The highest BCUT2D eigenvalue weighted by atomic mass is 16.8. The van der Waals surface area contributed by atoms with Crippen LogP contribution in [0, 0.1) is 0 Å². The zero-order valence-corrected chi connectivity index (χ0v) is 22.5. The molecule has 1 unspecified atom stereocenters. The van der Waals surface area contributed by atoms with Crippen LogP contribution >= 0.6 is 0 Å². The molecule has 0 saturated heterocycles. The Bertz CT molecular complexity index is 1080. The summed E-state index contributed by atoms with van der Waals surface area (Å²) in [6, 6.07) is 7.60. The second-order valence-corrected chi connectivity index (χ2v) is 8.92. The number of ether oxygens (including phenoxy) is 6. The highest BCUT2D eigenvalue weighted by molar-refractivity contribution is 5.97. The maximum absolute atomic E-state index is 12.0. The summed E-state index contributed by atoms with van der Waals surface area (Å²) in [5.41, 5.74) is 3.54. The first-order valence-corrected chi connectivity index (χ1v) is 13.0. The predicted octanol–water partition coefficient (Wildman–Crippen LogP) is 6.08. The van der Waals surface area contributed by atoms with E-state index < -0.39 is 12.4 Å². The number of aryl methyl sites for hydroxylation is 1. The van der Waals surface area contributed by atoms with E-state index in [1.165, 1.54) is 14.0 Å². The molecule has 1 atom stereocenters. The van der Waals surface area contributed by atoms with Gasteiger partial charge in [0.2, 0.25) is 6.29 Å². The van der Waals surface area contributed by atoms with Gasteiger partial charge in [0.15, 0.2) is 5.78 Å². The molecule has 0 fully saturated rings. The first-order valence-electron chi connectivity index (χ1n) is 13.0. The lowest BCUT2D eigenvalue weighted by Gasteiger charge is -2.28. The van der Waals surface area contributed by atoms with E-state index in [-0.39, 0.29) is 5.78 Å². The van der Waals surface area contributed by atoms with Crippen molar-refractivity contribution in [1.29, 1.82) is 0 Å². The maximum atomic E-state index is 12.0. The molecule has 3 rings (SSSR count). The summed E-state index contributed by atoms with van der Waals surface area (Å²) in [6.45, 7) is 6.64. The van der Waals surface area contributed by atoms with Gasteiger partial charge in [-0.2, -0.15) is 0 Å². The summed E-state index contributed by atoms with van der Waals surface area (Å²) >= 11 is 0. The van der Waals surface area contributed by atoms with Crippen molar-refractivity contribution >= 4 is 11.9 Å². The van der Waals surface area contributed by atoms with Crippen molar-refractivity contribution in [2.75, 3.05) is 27.4 Å². The molecule has 1 aliphatic heterocycles. The van der Waals surface area contributed by atoms with Gasteiger partial charge in [0.25, 0.3) is 0 Å². The second-order valence-electron chi connectivity index (χ2n) is 8.92. The molecular formula is C29H38O8. The molecule has 8 nitrogen and oxygen atoms in total. The SMILES string of the molecule is CCCc1c(OCCCOc2ccc(C(C)=O)c(OC)c2CCC)ccc2c1OC(OC(=O)OC)CC2. The van der Waals surface area contributed by atoms with Gasteiger partial charge >= 0.3 is 6.16 Å². The number of methoxy groups -OCH3 is 2. The van der Waals surface area contributed by atoms with Crippen LogP contribution in [0.2, 0.25) is 0 Å². The molecule has 0 radical (unpaired) electrons. The third-order valence-electron chi connectivity index (χ3n) is 6.20. The molecule has 1 heterocycles. The van der Waals surface area contributed by atoms with Crippen molar-refractivity contribution in [1.82, 2.24) is 0 Å². The van der Waals surface area contributed by atoms with Gasteiger partial charge in [-0.15, -0.1) is 0 Å². The fourth-order valence-electron chi connectivity index (χ4n) is 4.49. The summed E-state index contributed by atoms with van der Waals surface area (Å²) in [5, 5.41) is 0. The van der Waals surface area contributed by atoms with Crippen LogP contribution < -0.4 is 18.9 Å². The van der Waals surface area contributed by atoms with Gasteiger partial charge in [-0.3, -0.25) is 4.79 Å². The lowest BCUT2D eigenvalue weighted by Crippen LogP contribution is -2.29. The van der Waals surface area contributed by atoms with E-state index in [1.54, 1.807) is 13.2 Å². The Kier molecular flexibility index (Phi) is 10.5. The van der Waals surface area contributed by atoms with Crippen molar-refractivity contribution in [2.24, 2.45) is 0 Å². The van der Waals surface area contributed by atoms with E-state index in [2.05, 4.69) is 18.6 Å². The highest BCUT2D eigenvalue weighted by Crippen LogP contribution is 2.38. The molecule has 0 spiro atoms. The van der Waals surface area contributed by atoms with E-state index in [9.17, 15) is 9.59 Å². The predicted molar refractivity (Wildman–Crippen MR) is 139 cm³/mol. The largest absolute Gasteiger partial charge is 0.511 e. The Hall–Kier alpha value is -3.42. The molecule has 8 heteroatoms. The van der Waals surface area contributed by atoms with E-state index in [0.29, 0.717) is 37.4 Å². The average molecular weight is 515 g/mol. The zero-order valence-electron chi connectivity index (χ0n) is 22.5. The molecule has 2 aromatic carbocycles. The van der Waals surface area contributed by atoms with Crippen molar-refractivity contribution < 1.29 is 38.0 Å². The van der Waals surface area contributed by atoms with E-state index in [0.717, 1.165) is 66.0 Å². The minimum absolute atomic E-state index is 0.0331. The Morgan fingerprint density at radius 2 is 1.59 bits per heavy atom. The average Bonchev–Trinajstić information content (AvgIpc) is 2.89. The van der Waals surface area contributed by atoms with Crippen LogP contribution in [0.5, 0.6) is 23.0 Å². The first-order chi connectivity index (χ1) is 17.9. The topological polar surface area (TPSA) is 89.5 Å². The van der Waals surface area contributed by atoms with Gasteiger partial charge < -0.3 is 28.4 Å².